The van der Waals surface area contributed by atoms with Gasteiger partial charge in [0, 0.05) is 0 Å². The van der Waals surface area contributed by atoms with Crippen LogP contribution in [0.15, 0.2) is 42.2 Å². The second-order valence-corrected chi connectivity index (χ2v) is 7.60. The first-order chi connectivity index (χ1) is 9.24. The van der Waals surface area contributed by atoms with Crippen LogP contribution in [0.1, 0.15) is 66.2 Å². The Morgan fingerprint density at radius 3 is 1.38 bits per heavy atom. The van der Waals surface area contributed by atoms with Crippen molar-refractivity contribution >= 4 is 0 Å². The van der Waals surface area contributed by atoms with E-state index in [9.17, 15) is 0 Å². The van der Waals surface area contributed by atoms with Crippen LogP contribution in [0.2, 0.25) is 0 Å². The summed E-state index contributed by atoms with van der Waals surface area (Å²) in [4.78, 5) is 0. The molecule has 2 aliphatic rings. The number of halogens is 2. The minimum atomic E-state index is -0.0390. The Morgan fingerprint density at radius 2 is 1.10 bits per heavy atom. The summed E-state index contributed by atoms with van der Waals surface area (Å²) >= 11 is -0.0390. The summed E-state index contributed by atoms with van der Waals surface area (Å²) < 4.78 is 3.65. The van der Waals surface area contributed by atoms with Gasteiger partial charge in [-0.25, -0.2) is 0 Å². The summed E-state index contributed by atoms with van der Waals surface area (Å²) in [7, 11) is 0. The van der Waals surface area contributed by atoms with Crippen LogP contribution >= 0.6 is 0 Å². The van der Waals surface area contributed by atoms with Crippen molar-refractivity contribution < 1.29 is 44.0 Å². The molecule has 0 N–H and O–H groups in total. The van der Waals surface area contributed by atoms with Crippen LogP contribution in [0.4, 0.5) is 0 Å². The molecule has 21 heavy (non-hydrogen) atoms. The third-order valence-electron chi connectivity index (χ3n) is 4.38. The van der Waals surface area contributed by atoms with Gasteiger partial charge in [0.25, 0.3) is 0 Å². The van der Waals surface area contributed by atoms with Gasteiger partial charge in [0.1, 0.15) is 0 Å². The van der Waals surface area contributed by atoms with Crippen molar-refractivity contribution in [3.8, 4) is 0 Å². The fraction of sp³-hybridized carbons (Fsp3) is 0.556. The SMILES string of the molecule is CCC1=CC[C]([Ti+2][C]2=C(CC)C(CC)=CC2)=C1CC.[Cl-].[Cl-]. The molecule has 0 aromatic carbocycles. The van der Waals surface area contributed by atoms with Crippen molar-refractivity contribution in [2.45, 2.75) is 66.2 Å². The van der Waals surface area contributed by atoms with E-state index in [0.29, 0.717) is 0 Å². The maximum absolute atomic E-state index is 2.49. The van der Waals surface area contributed by atoms with Gasteiger partial charge in [-0.15, -0.1) is 0 Å². The second kappa shape index (κ2) is 10.1. The molecule has 116 valence electrons. The third-order valence-corrected chi connectivity index (χ3v) is 6.90. The van der Waals surface area contributed by atoms with Crippen LogP contribution in [0.25, 0.3) is 0 Å². The largest absolute Gasteiger partial charge is 1.00 e. The summed E-state index contributed by atoms with van der Waals surface area (Å²) in [5.41, 5.74) is 6.72. The molecule has 0 bridgehead atoms. The van der Waals surface area contributed by atoms with Gasteiger partial charge in [-0.1, -0.05) is 0 Å². The molecule has 2 rings (SSSR count). The van der Waals surface area contributed by atoms with E-state index < -0.39 is 0 Å². The Bertz CT molecular complexity index is 437. The summed E-state index contributed by atoms with van der Waals surface area (Å²) in [5.74, 6) is 0. The third kappa shape index (κ3) is 4.61. The zero-order valence-electron chi connectivity index (χ0n) is 13.7. The molecule has 0 fully saturated rings. The number of allylic oxidation sites excluding steroid dienone is 8. The molecule has 0 saturated carbocycles. The molecule has 0 aromatic rings. The van der Waals surface area contributed by atoms with E-state index in [1.165, 1.54) is 38.5 Å². The summed E-state index contributed by atoms with van der Waals surface area (Å²) in [6.07, 6.45) is 12.4. The van der Waals surface area contributed by atoms with E-state index in [-0.39, 0.29) is 44.0 Å². The van der Waals surface area contributed by atoms with E-state index >= 15 is 0 Å². The molecule has 0 amide bonds. The van der Waals surface area contributed by atoms with Crippen LogP contribution in [-0.2, 0) is 19.2 Å². The van der Waals surface area contributed by atoms with Crippen molar-refractivity contribution in [1.29, 1.82) is 0 Å². The molecule has 0 nitrogen and oxygen atoms in total. The Morgan fingerprint density at radius 1 is 0.714 bits per heavy atom. The van der Waals surface area contributed by atoms with E-state index in [1.54, 1.807) is 22.3 Å². The van der Waals surface area contributed by atoms with Gasteiger partial charge in [-0.3, -0.25) is 0 Å². The Labute approximate surface area is 152 Å². The predicted molar refractivity (Wildman–Crippen MR) is 80.6 cm³/mol. The van der Waals surface area contributed by atoms with E-state index in [4.69, 9.17) is 0 Å². The summed E-state index contributed by atoms with van der Waals surface area (Å²) in [6.45, 7) is 9.26. The van der Waals surface area contributed by atoms with Crippen molar-refractivity contribution in [1.82, 2.24) is 0 Å². The molecule has 2 aliphatic carbocycles. The molecule has 0 spiro atoms. The summed E-state index contributed by atoms with van der Waals surface area (Å²) in [6, 6.07) is 0. The maximum Gasteiger partial charge on any atom is -1.00 e. The number of hydrogen-bond donors (Lipinski definition) is 0. The first-order valence-corrected chi connectivity index (χ1v) is 9.41. The molecular formula is C18H26Cl2Ti. The minimum Gasteiger partial charge on any atom is -1.00 e. The normalized spacial score (nSPS) is 17.1. The molecule has 0 radical (unpaired) electrons. The van der Waals surface area contributed by atoms with Crippen molar-refractivity contribution in [3.05, 3.63) is 42.2 Å². The number of rotatable bonds is 6. The minimum absolute atomic E-state index is 0. The zero-order chi connectivity index (χ0) is 13.8. The topological polar surface area (TPSA) is 0 Å². The number of hydrogen-bond acceptors (Lipinski definition) is 0. The molecule has 3 heteroatoms. The molecule has 0 unspecified atom stereocenters. The van der Waals surface area contributed by atoms with Gasteiger partial charge in [0.15, 0.2) is 0 Å². The fourth-order valence-electron chi connectivity index (χ4n) is 3.36. The molecule has 0 aromatic heterocycles. The molecular weight excluding hydrogens is 335 g/mol. The Hall–Kier alpha value is 0.254. The monoisotopic (exact) mass is 360 g/mol. The van der Waals surface area contributed by atoms with E-state index in [1.807, 2.05) is 7.76 Å². The Balaban J connectivity index is 0.00000200. The van der Waals surface area contributed by atoms with Crippen molar-refractivity contribution in [3.63, 3.8) is 0 Å². The van der Waals surface area contributed by atoms with Gasteiger partial charge in [-0.05, 0) is 0 Å². The fourth-order valence-corrected chi connectivity index (χ4v) is 6.09. The first-order valence-electron chi connectivity index (χ1n) is 7.84. The second-order valence-electron chi connectivity index (χ2n) is 5.32. The van der Waals surface area contributed by atoms with Crippen LogP contribution in [0, 0.1) is 0 Å². The van der Waals surface area contributed by atoms with Crippen LogP contribution in [-0.4, -0.2) is 0 Å². The van der Waals surface area contributed by atoms with Gasteiger partial charge < -0.3 is 24.8 Å². The van der Waals surface area contributed by atoms with Crippen LogP contribution in [0.3, 0.4) is 0 Å². The quantitative estimate of drug-likeness (QED) is 0.579. The molecule has 0 heterocycles. The smallest absolute Gasteiger partial charge is 1.00 e. The van der Waals surface area contributed by atoms with E-state index in [2.05, 4.69) is 39.8 Å². The zero-order valence-corrected chi connectivity index (χ0v) is 16.7. The van der Waals surface area contributed by atoms with Gasteiger partial charge in [0.2, 0.25) is 0 Å². The van der Waals surface area contributed by atoms with Crippen LogP contribution < -0.4 is 24.8 Å². The standard InChI is InChI=1S/2C9H13.2ClH.Ti/c2*1-3-8-6-5-7-9(8)4-2;;;/h2*6H,3-5H2,1-2H3;2*1H;/q;;;;+2/p-2. The van der Waals surface area contributed by atoms with Crippen molar-refractivity contribution in [2.75, 3.05) is 0 Å². The average molecular weight is 361 g/mol. The first kappa shape index (κ1) is 21.3. The molecule has 0 atom stereocenters. The predicted octanol–water partition coefficient (Wildman–Crippen LogP) is -0.115. The van der Waals surface area contributed by atoms with Crippen molar-refractivity contribution in [2.24, 2.45) is 0 Å². The summed E-state index contributed by atoms with van der Waals surface area (Å²) in [5, 5.41) is 0. The Kier molecular flexibility index (Phi) is 10.2. The van der Waals surface area contributed by atoms with Gasteiger partial charge in [0.05, 0.1) is 0 Å². The average Bonchev–Trinajstić information content (AvgIpc) is 3.01. The maximum atomic E-state index is 2.49. The molecule has 0 saturated heterocycles. The van der Waals surface area contributed by atoms with E-state index in [0.717, 1.165) is 0 Å². The molecule has 0 aliphatic heterocycles. The van der Waals surface area contributed by atoms with Crippen LogP contribution in [0.5, 0.6) is 0 Å². The van der Waals surface area contributed by atoms with Gasteiger partial charge >= 0.3 is 128 Å². The van der Waals surface area contributed by atoms with Gasteiger partial charge in [-0.2, -0.15) is 0 Å².